The maximum atomic E-state index is 10.7. The average molecular weight is 243 g/mol. The van der Waals surface area contributed by atoms with Gasteiger partial charge in [-0.05, 0) is 22.0 Å². The highest BCUT2D eigenvalue weighted by Crippen LogP contribution is 2.04. The van der Waals surface area contributed by atoms with E-state index >= 15 is 0 Å². The Bertz CT molecular complexity index is 339. The normalized spacial score (nSPS) is 10.3. The number of halogens is 1. The summed E-state index contributed by atoms with van der Waals surface area (Å²) in [6.07, 6.45) is 5.93. The molecule has 0 amide bonds. The summed E-state index contributed by atoms with van der Waals surface area (Å²) < 4.78 is 5.04. The third kappa shape index (κ3) is 3.33. The lowest BCUT2D eigenvalue weighted by atomic mass is 10.4. The van der Waals surface area contributed by atoms with Crippen LogP contribution in [0.1, 0.15) is 5.69 Å². The van der Waals surface area contributed by atoms with E-state index in [4.69, 9.17) is 0 Å². The van der Waals surface area contributed by atoms with Crippen LogP contribution in [0.25, 0.3) is 6.08 Å². The Morgan fingerprint density at radius 2 is 2.38 bits per heavy atom. The zero-order chi connectivity index (χ0) is 9.68. The van der Waals surface area contributed by atoms with Crippen molar-refractivity contribution in [3.8, 4) is 0 Å². The Labute approximate surface area is 83.8 Å². The van der Waals surface area contributed by atoms with E-state index in [0.29, 0.717) is 10.3 Å². The second-order valence-electron chi connectivity index (χ2n) is 2.12. The van der Waals surface area contributed by atoms with Crippen molar-refractivity contribution < 1.29 is 9.53 Å². The molecule has 1 aromatic heterocycles. The predicted molar refractivity (Wildman–Crippen MR) is 50.8 cm³/mol. The third-order valence-corrected chi connectivity index (χ3v) is 1.60. The van der Waals surface area contributed by atoms with Crippen molar-refractivity contribution in [2.24, 2.45) is 0 Å². The minimum atomic E-state index is -0.415. The average Bonchev–Trinajstić information content (AvgIpc) is 2.14. The second kappa shape index (κ2) is 4.71. The molecule has 0 fully saturated rings. The molecule has 0 atom stereocenters. The van der Waals surface area contributed by atoms with Crippen LogP contribution in [-0.2, 0) is 9.53 Å². The molecule has 0 saturated heterocycles. The lowest BCUT2D eigenvalue weighted by Crippen LogP contribution is -1.94. The number of rotatable bonds is 2. The summed E-state index contributed by atoms with van der Waals surface area (Å²) in [6, 6.07) is 0. The standard InChI is InChI=1S/C8H7BrN2O2/c1-13-8(12)3-2-6-4-10-5-7(9)11-6/h2-5H,1H3/b3-2+. The van der Waals surface area contributed by atoms with Gasteiger partial charge in [0.15, 0.2) is 0 Å². The Morgan fingerprint density at radius 3 is 3.00 bits per heavy atom. The molecule has 0 aromatic carbocycles. The minimum absolute atomic E-state index is 0.415. The first-order valence-corrected chi connectivity index (χ1v) is 4.25. The fourth-order valence-corrected chi connectivity index (χ4v) is 0.981. The lowest BCUT2D eigenvalue weighted by Gasteiger charge is -1.92. The Balaban J connectivity index is 2.74. The van der Waals surface area contributed by atoms with Crippen molar-refractivity contribution in [3.05, 3.63) is 28.8 Å². The van der Waals surface area contributed by atoms with Gasteiger partial charge in [-0.15, -0.1) is 0 Å². The van der Waals surface area contributed by atoms with Crippen LogP contribution in [0.3, 0.4) is 0 Å². The molecular weight excluding hydrogens is 236 g/mol. The summed E-state index contributed by atoms with van der Waals surface area (Å²) >= 11 is 3.16. The summed E-state index contributed by atoms with van der Waals surface area (Å²) in [6.45, 7) is 0. The second-order valence-corrected chi connectivity index (χ2v) is 2.94. The summed E-state index contributed by atoms with van der Waals surface area (Å²) in [5.74, 6) is -0.415. The van der Waals surface area contributed by atoms with Crippen molar-refractivity contribution in [3.63, 3.8) is 0 Å². The molecule has 68 valence electrons. The molecule has 1 heterocycles. The largest absolute Gasteiger partial charge is 0.466 e. The summed E-state index contributed by atoms with van der Waals surface area (Å²) in [5.41, 5.74) is 0.597. The molecule has 0 unspecified atom stereocenters. The molecule has 0 N–H and O–H groups in total. The van der Waals surface area contributed by atoms with Crippen LogP contribution in [0.4, 0.5) is 0 Å². The van der Waals surface area contributed by atoms with E-state index in [0.717, 1.165) is 0 Å². The number of aromatic nitrogens is 2. The van der Waals surface area contributed by atoms with Gasteiger partial charge in [0.1, 0.15) is 4.60 Å². The van der Waals surface area contributed by atoms with Crippen molar-refractivity contribution in [1.29, 1.82) is 0 Å². The smallest absolute Gasteiger partial charge is 0.330 e. The Kier molecular flexibility index (Phi) is 3.57. The maximum absolute atomic E-state index is 10.7. The summed E-state index contributed by atoms with van der Waals surface area (Å²) in [5, 5.41) is 0. The van der Waals surface area contributed by atoms with Crippen molar-refractivity contribution in [1.82, 2.24) is 9.97 Å². The Hall–Kier alpha value is -1.23. The van der Waals surface area contributed by atoms with Crippen LogP contribution in [0, 0.1) is 0 Å². The fourth-order valence-electron chi connectivity index (χ4n) is 0.658. The highest BCUT2D eigenvalue weighted by molar-refractivity contribution is 9.10. The van der Waals surface area contributed by atoms with Crippen LogP contribution in [0.2, 0.25) is 0 Å². The van der Waals surface area contributed by atoms with Crippen molar-refractivity contribution >= 4 is 28.0 Å². The highest BCUT2D eigenvalue weighted by Gasteiger charge is 1.94. The number of carbonyl (C=O) groups excluding carboxylic acids is 1. The van der Waals surface area contributed by atoms with E-state index in [1.807, 2.05) is 0 Å². The number of carbonyl (C=O) groups is 1. The number of hydrogen-bond donors (Lipinski definition) is 0. The lowest BCUT2D eigenvalue weighted by molar-refractivity contribution is -0.134. The quantitative estimate of drug-likeness (QED) is 0.582. The van der Waals surface area contributed by atoms with Gasteiger partial charge in [-0.3, -0.25) is 4.98 Å². The van der Waals surface area contributed by atoms with E-state index in [1.165, 1.54) is 19.3 Å². The summed E-state index contributed by atoms with van der Waals surface area (Å²) in [7, 11) is 1.32. The zero-order valence-electron chi connectivity index (χ0n) is 6.90. The van der Waals surface area contributed by atoms with Crippen LogP contribution in [-0.4, -0.2) is 23.0 Å². The third-order valence-electron chi connectivity index (χ3n) is 1.22. The van der Waals surface area contributed by atoms with Gasteiger partial charge in [-0.25, -0.2) is 9.78 Å². The maximum Gasteiger partial charge on any atom is 0.330 e. The zero-order valence-corrected chi connectivity index (χ0v) is 8.48. The van der Waals surface area contributed by atoms with Crippen molar-refractivity contribution in [2.75, 3.05) is 7.11 Å². The van der Waals surface area contributed by atoms with Crippen LogP contribution < -0.4 is 0 Å². The van der Waals surface area contributed by atoms with Crippen molar-refractivity contribution in [2.45, 2.75) is 0 Å². The number of methoxy groups -OCH3 is 1. The molecule has 0 bridgehead atoms. The minimum Gasteiger partial charge on any atom is -0.466 e. The summed E-state index contributed by atoms with van der Waals surface area (Å²) in [4.78, 5) is 18.6. The van der Waals surface area contributed by atoms with Crippen LogP contribution in [0.15, 0.2) is 23.1 Å². The first-order valence-electron chi connectivity index (χ1n) is 3.46. The van der Waals surface area contributed by atoms with E-state index in [2.05, 4.69) is 30.6 Å². The number of ether oxygens (including phenoxy) is 1. The number of esters is 1. The molecule has 4 nitrogen and oxygen atoms in total. The first-order chi connectivity index (χ1) is 6.22. The van der Waals surface area contributed by atoms with Gasteiger partial charge in [-0.1, -0.05) is 0 Å². The molecule has 1 rings (SSSR count). The van der Waals surface area contributed by atoms with E-state index in [9.17, 15) is 4.79 Å². The molecule has 0 saturated carbocycles. The number of nitrogens with zero attached hydrogens (tertiary/aromatic N) is 2. The highest BCUT2D eigenvalue weighted by atomic mass is 79.9. The van der Waals surface area contributed by atoms with Gasteiger partial charge >= 0.3 is 5.97 Å². The van der Waals surface area contributed by atoms with Gasteiger partial charge in [0.25, 0.3) is 0 Å². The van der Waals surface area contributed by atoms with E-state index in [-0.39, 0.29) is 0 Å². The number of hydrogen-bond acceptors (Lipinski definition) is 4. The monoisotopic (exact) mass is 242 g/mol. The fraction of sp³-hybridized carbons (Fsp3) is 0.125. The van der Waals surface area contributed by atoms with Gasteiger partial charge < -0.3 is 4.74 Å². The van der Waals surface area contributed by atoms with Gasteiger partial charge in [0, 0.05) is 6.08 Å². The first kappa shape index (κ1) is 9.85. The van der Waals surface area contributed by atoms with Gasteiger partial charge in [0.05, 0.1) is 25.2 Å². The van der Waals surface area contributed by atoms with E-state index < -0.39 is 5.97 Å². The van der Waals surface area contributed by atoms with E-state index in [1.54, 1.807) is 12.4 Å². The molecule has 13 heavy (non-hydrogen) atoms. The molecule has 0 aliphatic heterocycles. The molecule has 0 aliphatic carbocycles. The Morgan fingerprint density at radius 1 is 1.62 bits per heavy atom. The molecule has 0 radical (unpaired) electrons. The molecular formula is C8H7BrN2O2. The SMILES string of the molecule is COC(=O)/C=C/c1cncc(Br)n1. The predicted octanol–water partition coefficient (Wildman–Crippen LogP) is 1.43. The molecule has 5 heteroatoms. The van der Waals surface area contributed by atoms with Gasteiger partial charge in [0.2, 0.25) is 0 Å². The molecule has 0 aliphatic rings. The van der Waals surface area contributed by atoms with Crippen LogP contribution >= 0.6 is 15.9 Å². The molecule has 1 aromatic rings. The van der Waals surface area contributed by atoms with Gasteiger partial charge in [-0.2, -0.15) is 0 Å². The molecule has 0 spiro atoms. The van der Waals surface area contributed by atoms with Crippen LogP contribution in [0.5, 0.6) is 0 Å². The topological polar surface area (TPSA) is 52.1 Å².